The smallest absolute Gasteiger partial charge is 0.399 e. The Hall–Kier alpha value is -12.2. The molecule has 3 aliphatic rings. The fourth-order valence-corrected chi connectivity index (χ4v) is 21.2. The van der Waals surface area contributed by atoms with Crippen molar-refractivity contribution in [3.63, 3.8) is 0 Å². The Labute approximate surface area is 730 Å². The predicted octanol–water partition coefficient (Wildman–Crippen LogP) is 29.7. The van der Waals surface area contributed by atoms with Crippen LogP contribution in [0.15, 0.2) is 421 Å². The van der Waals surface area contributed by atoms with E-state index in [2.05, 4.69) is 498 Å². The second kappa shape index (κ2) is 30.2. The van der Waals surface area contributed by atoms with Gasteiger partial charge in [-0.3, -0.25) is 0 Å². The molecule has 3 heterocycles. The fourth-order valence-electron chi connectivity index (χ4n) is 19.6. The monoisotopic (exact) mass is 1780 g/mol. The second-order valence-electron chi connectivity index (χ2n) is 32.6. The molecule has 18 aromatic carbocycles. The molecule has 0 unspecified atom stereocenters. The number of hydrogen-bond acceptors (Lipinski definition) is 2. The number of fused-ring (bicyclic) bond motifs is 16. The third kappa shape index (κ3) is 12.2. The molecule has 1 saturated heterocycles. The maximum Gasteiger partial charge on any atom is 0.494 e. The first kappa shape index (κ1) is 75.2. The number of aromatic nitrogens is 2. The van der Waals surface area contributed by atoms with Gasteiger partial charge in [0, 0.05) is 56.2 Å². The molecule has 4 nitrogen and oxygen atoms in total. The second-order valence-corrected chi connectivity index (χ2v) is 35.5. The molecule has 0 amide bonds. The van der Waals surface area contributed by atoms with Crippen molar-refractivity contribution in [2.75, 3.05) is 0 Å². The molecule has 0 atom stereocenters. The molecule has 1 aliphatic heterocycles. The van der Waals surface area contributed by atoms with E-state index in [1.54, 1.807) is 0 Å². The van der Waals surface area contributed by atoms with Gasteiger partial charge in [-0.05, 0) is 221 Å². The Balaban J connectivity index is 0.000000128. The number of hydrogen-bond donors (Lipinski definition) is 0. The summed E-state index contributed by atoms with van der Waals surface area (Å²) < 4.78 is 21.6. The van der Waals surface area contributed by atoms with Crippen molar-refractivity contribution in [3.8, 4) is 67.0 Å². The summed E-state index contributed by atoms with van der Waals surface area (Å²) in [5.41, 5.74) is 29.0. The first-order chi connectivity index (χ1) is 58.8. The number of halogens is 3. The molecule has 2 aliphatic carbocycles. The van der Waals surface area contributed by atoms with Gasteiger partial charge in [-0.2, -0.15) is 0 Å². The minimum atomic E-state index is -0.452. The normalized spacial score (nSPS) is 14.3. The molecule has 20 aromatic rings. The van der Waals surface area contributed by atoms with Crippen LogP contribution in [-0.4, -0.2) is 27.5 Å². The topological polar surface area (TPSA) is 28.3 Å². The zero-order valence-corrected chi connectivity index (χ0v) is 72.0. The molecule has 8 heteroatoms. The van der Waals surface area contributed by atoms with E-state index in [4.69, 9.17) is 9.31 Å². The van der Waals surface area contributed by atoms with Crippen LogP contribution in [0.4, 0.5) is 0 Å². The zero-order valence-electron chi connectivity index (χ0n) is 66.7. The lowest BCUT2D eigenvalue weighted by atomic mass is 9.68. The highest BCUT2D eigenvalue weighted by Gasteiger charge is 2.52. The van der Waals surface area contributed by atoms with Gasteiger partial charge < -0.3 is 18.4 Å². The lowest BCUT2D eigenvalue weighted by Gasteiger charge is -2.33. The SMILES string of the molecule is Brc1ccccc1-c1ccccc1-c1ccc2c3ccc4ccccc4c3n(-c3ccc4c(c3)-c3ccccc3C4(c3ccccc3)c3ccccc3)c2c1.Brc1ccccc1-c1ccccc1I.CC1(C)OB(c2ccc3c4ccc5ccccc5c4n(-c4ccc5c(c4)-c4ccccc4C5(c4ccccc4)c4ccccc4)c3c2)OC1(C)C. The molecular weight excluding hydrogens is 1700 g/mol. The van der Waals surface area contributed by atoms with Crippen molar-refractivity contribution < 1.29 is 9.31 Å². The molecule has 0 bridgehead atoms. The Morgan fingerprint density at radius 3 is 1.07 bits per heavy atom. The van der Waals surface area contributed by atoms with Crippen LogP contribution < -0.4 is 5.46 Å². The summed E-state index contributed by atoms with van der Waals surface area (Å²) in [4.78, 5) is 0. The van der Waals surface area contributed by atoms with E-state index >= 15 is 0 Å². The summed E-state index contributed by atoms with van der Waals surface area (Å²) >= 11 is 9.76. The molecule has 23 rings (SSSR count). The van der Waals surface area contributed by atoms with Gasteiger partial charge in [0.2, 0.25) is 0 Å². The summed E-state index contributed by atoms with van der Waals surface area (Å²) in [6.45, 7) is 8.45. The molecular formula is C112H80BBr2IN2O2. The molecule has 0 radical (unpaired) electrons. The van der Waals surface area contributed by atoms with Gasteiger partial charge in [-0.25, -0.2) is 0 Å². The largest absolute Gasteiger partial charge is 0.494 e. The first-order valence-electron chi connectivity index (χ1n) is 41.1. The van der Waals surface area contributed by atoms with E-state index in [-0.39, 0.29) is 0 Å². The van der Waals surface area contributed by atoms with Gasteiger partial charge in [0.1, 0.15) is 0 Å². The van der Waals surface area contributed by atoms with Crippen LogP contribution in [0.1, 0.15) is 72.2 Å². The average molecular weight is 1780 g/mol. The molecule has 1 fully saturated rings. The van der Waals surface area contributed by atoms with E-state index in [0.29, 0.717) is 0 Å². The van der Waals surface area contributed by atoms with E-state index in [0.717, 1.165) is 31.3 Å². The van der Waals surface area contributed by atoms with E-state index < -0.39 is 29.2 Å². The van der Waals surface area contributed by atoms with Crippen LogP contribution in [0.25, 0.3) is 132 Å². The van der Waals surface area contributed by atoms with Crippen LogP contribution >= 0.6 is 54.5 Å². The van der Waals surface area contributed by atoms with Gasteiger partial charge in [-0.15, -0.1) is 0 Å². The average Bonchev–Trinajstić information content (AvgIpc) is 1.53. The van der Waals surface area contributed by atoms with Crippen LogP contribution in [0.5, 0.6) is 0 Å². The highest BCUT2D eigenvalue weighted by molar-refractivity contribution is 14.1. The summed E-state index contributed by atoms with van der Waals surface area (Å²) in [6.07, 6.45) is 0. The van der Waals surface area contributed by atoms with E-state index in [1.807, 2.05) is 6.07 Å². The highest BCUT2D eigenvalue weighted by atomic mass is 127. The van der Waals surface area contributed by atoms with Gasteiger partial charge in [0.25, 0.3) is 0 Å². The van der Waals surface area contributed by atoms with Crippen LogP contribution in [0, 0.1) is 3.57 Å². The predicted molar refractivity (Wildman–Crippen MR) is 518 cm³/mol. The van der Waals surface area contributed by atoms with Gasteiger partial charge in [-0.1, -0.05) is 390 Å². The molecule has 0 N–H and O–H groups in total. The van der Waals surface area contributed by atoms with Crippen LogP contribution in [0.3, 0.4) is 0 Å². The number of rotatable bonds is 10. The molecule has 0 spiro atoms. The van der Waals surface area contributed by atoms with Crippen molar-refractivity contribution >= 4 is 132 Å². The molecule has 574 valence electrons. The summed E-state index contributed by atoms with van der Waals surface area (Å²) in [6, 6.07) is 151. The third-order valence-corrected chi connectivity index (χ3v) is 28.0. The maximum absolute atomic E-state index is 6.56. The van der Waals surface area contributed by atoms with E-state index in [9.17, 15) is 0 Å². The van der Waals surface area contributed by atoms with E-state index in [1.165, 1.54) is 163 Å². The standard InChI is InChI=1S/C53H34BrN.C47H38BNO2.C12H8BrI/c54-50-26-14-12-24-44(50)42-22-10-9-20-40(42)36-28-30-45-46-31-27-35-15-7-8-21-41(35)52(46)55(51(45)33-36)39-29-32-49-47(34-39)43-23-11-13-25-48(43)53(49,37-16-3-1-4-17-37)38-18-5-2-6-19-38;1-45(2)46(3,4)51-48(50-45)34-24-27-38-39-26-23-31-15-11-12-20-36(31)44(39)49(43(38)29-34)35-25-28-42-40(30-35)37-21-13-14-22-41(37)47(42,32-16-7-5-8-17-32)33-18-9-6-10-19-33;13-11-7-3-1-5-9(11)10-6-2-4-8-12(10)14/h1-34H;5-30H,1-4H3;1-8H. The molecule has 120 heavy (non-hydrogen) atoms. The van der Waals surface area contributed by atoms with Gasteiger partial charge in [0.15, 0.2) is 0 Å². The molecule has 0 saturated carbocycles. The Morgan fingerprint density at radius 2 is 0.617 bits per heavy atom. The Morgan fingerprint density at radius 1 is 0.267 bits per heavy atom. The Bertz CT molecular complexity index is 7280. The zero-order chi connectivity index (χ0) is 81.0. The summed E-state index contributed by atoms with van der Waals surface area (Å²) in [5.74, 6) is 0. The first-order valence-corrected chi connectivity index (χ1v) is 43.8. The minimum Gasteiger partial charge on any atom is -0.399 e. The number of benzene rings is 18. The lowest BCUT2D eigenvalue weighted by molar-refractivity contribution is 0.00578. The third-order valence-electron chi connectivity index (χ3n) is 25.7. The molecule has 2 aromatic heterocycles. The minimum absolute atomic E-state index is 0.424. The van der Waals surface area contributed by atoms with Gasteiger partial charge in [0.05, 0.1) is 44.1 Å². The highest BCUT2D eigenvalue weighted by Crippen LogP contribution is 2.59. The quantitative estimate of drug-likeness (QED) is 0.101. The Kier molecular flexibility index (Phi) is 19.0. The van der Waals surface area contributed by atoms with Crippen molar-refractivity contribution in [2.45, 2.75) is 49.7 Å². The number of nitrogens with zero attached hydrogens (tertiary/aromatic N) is 2. The van der Waals surface area contributed by atoms with Crippen LogP contribution in [-0.2, 0) is 20.1 Å². The summed E-state index contributed by atoms with van der Waals surface area (Å²) in [5, 5.41) is 9.86. The van der Waals surface area contributed by atoms with Crippen molar-refractivity contribution in [2.24, 2.45) is 0 Å². The maximum atomic E-state index is 6.56. The lowest BCUT2D eigenvalue weighted by Crippen LogP contribution is -2.41. The van der Waals surface area contributed by atoms with Crippen molar-refractivity contribution in [1.82, 2.24) is 9.13 Å². The van der Waals surface area contributed by atoms with Crippen molar-refractivity contribution in [1.29, 1.82) is 0 Å². The van der Waals surface area contributed by atoms with Crippen molar-refractivity contribution in [3.05, 3.63) is 470 Å². The van der Waals surface area contributed by atoms with Crippen LogP contribution in [0.2, 0.25) is 0 Å². The van der Waals surface area contributed by atoms with Gasteiger partial charge >= 0.3 is 7.12 Å². The summed E-state index contributed by atoms with van der Waals surface area (Å²) in [7, 11) is -0.452. The fraction of sp³-hybridized carbons (Fsp3) is 0.0714.